The van der Waals surface area contributed by atoms with Gasteiger partial charge < -0.3 is 14.7 Å². The third kappa shape index (κ3) is 9.07. The van der Waals surface area contributed by atoms with Gasteiger partial charge in [0, 0.05) is 12.6 Å². The van der Waals surface area contributed by atoms with Crippen LogP contribution < -0.4 is 0 Å². The van der Waals surface area contributed by atoms with Crippen LogP contribution >= 0.6 is 0 Å². The molecule has 5 rings (SSSR count). The lowest BCUT2D eigenvalue weighted by atomic mass is 9.86. The molecule has 0 radical (unpaired) electrons. The molecule has 142 valence electrons. The molecule has 0 aromatic rings. The Balaban J connectivity index is 0. The van der Waals surface area contributed by atoms with Crippen molar-refractivity contribution in [2.45, 2.75) is 73.3 Å². The molecule has 0 spiro atoms. The van der Waals surface area contributed by atoms with Gasteiger partial charge in [0.25, 0.3) is 0 Å². The maximum absolute atomic E-state index is 2.48. The lowest BCUT2D eigenvalue weighted by molar-refractivity contribution is 0.277. The van der Waals surface area contributed by atoms with Crippen LogP contribution in [-0.4, -0.2) is 74.6 Å². The van der Waals surface area contributed by atoms with Crippen LogP contribution in [0.5, 0.6) is 0 Å². The van der Waals surface area contributed by atoms with Crippen molar-refractivity contribution in [1.82, 2.24) is 14.7 Å². The summed E-state index contributed by atoms with van der Waals surface area (Å²) in [7, 11) is 6.60. The van der Waals surface area contributed by atoms with E-state index in [4.69, 9.17) is 0 Å². The van der Waals surface area contributed by atoms with E-state index < -0.39 is 0 Å². The summed E-state index contributed by atoms with van der Waals surface area (Å²) < 4.78 is 0. The SMILES string of the molecule is C.C.C.CN1CC2CC1C2.CN1CCCC1.CN1CCCCC1. The van der Waals surface area contributed by atoms with Crippen LogP contribution in [-0.2, 0) is 0 Å². The van der Waals surface area contributed by atoms with Crippen LogP contribution in [0, 0.1) is 5.92 Å². The van der Waals surface area contributed by atoms with Crippen molar-refractivity contribution in [2.75, 3.05) is 53.9 Å². The van der Waals surface area contributed by atoms with Crippen molar-refractivity contribution in [3.8, 4) is 0 Å². The molecular weight excluding hydrogens is 282 g/mol. The van der Waals surface area contributed by atoms with Crippen molar-refractivity contribution < 1.29 is 0 Å². The minimum atomic E-state index is 0. The van der Waals surface area contributed by atoms with Crippen molar-refractivity contribution >= 4 is 0 Å². The minimum absolute atomic E-state index is 0. The molecule has 0 amide bonds. The first kappa shape index (κ1) is 25.1. The van der Waals surface area contributed by atoms with Crippen LogP contribution in [0.3, 0.4) is 0 Å². The number of hydrogen-bond acceptors (Lipinski definition) is 3. The average molecular weight is 330 g/mol. The summed E-state index contributed by atoms with van der Waals surface area (Å²) in [6, 6.07) is 0.991. The molecule has 4 aliphatic heterocycles. The fourth-order valence-corrected chi connectivity index (χ4v) is 3.69. The highest BCUT2D eigenvalue weighted by Gasteiger charge is 2.39. The summed E-state index contributed by atoms with van der Waals surface area (Å²) in [5.74, 6) is 1.09. The maximum Gasteiger partial charge on any atom is 0.00985 e. The molecule has 0 aromatic heterocycles. The molecule has 4 saturated heterocycles. The monoisotopic (exact) mass is 329 g/mol. The van der Waals surface area contributed by atoms with E-state index in [9.17, 15) is 0 Å². The lowest BCUT2D eigenvalue weighted by Gasteiger charge is -2.23. The molecule has 0 N–H and O–H groups in total. The van der Waals surface area contributed by atoms with E-state index in [1.165, 1.54) is 77.7 Å². The van der Waals surface area contributed by atoms with Crippen LogP contribution in [0.4, 0.5) is 0 Å². The highest BCUT2D eigenvalue weighted by Crippen LogP contribution is 2.38. The van der Waals surface area contributed by atoms with E-state index in [2.05, 4.69) is 35.8 Å². The third-order valence-corrected chi connectivity index (χ3v) is 5.29. The maximum atomic E-state index is 2.48. The topological polar surface area (TPSA) is 9.72 Å². The van der Waals surface area contributed by atoms with Gasteiger partial charge in [-0.15, -0.1) is 0 Å². The van der Waals surface area contributed by atoms with Crippen LogP contribution in [0.25, 0.3) is 0 Å². The Hall–Kier alpha value is -0.120. The Morgan fingerprint density at radius 1 is 0.609 bits per heavy atom. The number of nitrogens with zero attached hydrogens (tertiary/aromatic N) is 3. The standard InChI is InChI=1S/C6H11N.C6H13N.C5H11N.3CH4/c1-7-4-5-2-6(7)3-5;1-7-5-3-2-4-6-7;1-6-4-2-3-5-6;;;/h5-6H,2-4H2,1H3;2-6H2,1H3;2-5H2,1H3;3*1H4. The quantitative estimate of drug-likeness (QED) is 0.651. The Kier molecular flexibility index (Phi) is 14.4. The van der Waals surface area contributed by atoms with Crippen LogP contribution in [0.15, 0.2) is 0 Å². The molecule has 0 atom stereocenters. The summed E-state index contributed by atoms with van der Waals surface area (Å²) in [5, 5.41) is 0. The average Bonchev–Trinajstić information content (AvgIpc) is 3.07. The summed E-state index contributed by atoms with van der Waals surface area (Å²) >= 11 is 0. The number of hydrogen-bond donors (Lipinski definition) is 0. The number of piperidine rings is 1. The van der Waals surface area contributed by atoms with Gasteiger partial charge in [-0.2, -0.15) is 0 Å². The molecule has 3 nitrogen and oxygen atoms in total. The first-order chi connectivity index (χ1) is 9.65. The fourth-order valence-electron chi connectivity index (χ4n) is 3.69. The summed E-state index contributed by atoms with van der Waals surface area (Å²) in [6.45, 7) is 6.66. The number of likely N-dealkylation sites (tertiary alicyclic amines) is 2. The van der Waals surface area contributed by atoms with E-state index in [1.54, 1.807) is 0 Å². The molecule has 23 heavy (non-hydrogen) atoms. The van der Waals surface area contributed by atoms with Gasteiger partial charge in [-0.3, -0.25) is 0 Å². The number of fused-ring (bicyclic) bond motifs is 1. The Bertz CT molecular complexity index is 250. The summed E-state index contributed by atoms with van der Waals surface area (Å²) in [6.07, 6.45) is 10.1. The zero-order chi connectivity index (χ0) is 14.4. The predicted octanol–water partition coefficient (Wildman–Crippen LogP) is 4.43. The Morgan fingerprint density at radius 3 is 1.13 bits per heavy atom. The molecule has 1 saturated carbocycles. The van der Waals surface area contributed by atoms with E-state index in [0.29, 0.717) is 0 Å². The van der Waals surface area contributed by atoms with Crippen molar-refractivity contribution in [1.29, 1.82) is 0 Å². The van der Waals surface area contributed by atoms with Gasteiger partial charge in [0.1, 0.15) is 0 Å². The third-order valence-electron chi connectivity index (χ3n) is 5.29. The first-order valence-corrected chi connectivity index (χ1v) is 8.72. The smallest absolute Gasteiger partial charge is 0.00985 e. The van der Waals surface area contributed by atoms with Gasteiger partial charge >= 0.3 is 0 Å². The Morgan fingerprint density at radius 2 is 1.00 bits per heavy atom. The zero-order valence-electron chi connectivity index (χ0n) is 14.0. The largest absolute Gasteiger partial charge is 0.306 e. The lowest BCUT2D eigenvalue weighted by Crippen LogP contribution is -2.25. The van der Waals surface area contributed by atoms with E-state index in [1.807, 2.05) is 0 Å². The molecule has 3 heteroatoms. The van der Waals surface area contributed by atoms with Crippen LogP contribution in [0.1, 0.15) is 67.2 Å². The van der Waals surface area contributed by atoms with Gasteiger partial charge in [0.2, 0.25) is 0 Å². The summed E-state index contributed by atoms with van der Waals surface area (Å²) in [4.78, 5) is 7.23. The second-order valence-corrected chi connectivity index (χ2v) is 7.31. The molecule has 0 aromatic carbocycles. The predicted molar refractivity (Wildman–Crippen MR) is 107 cm³/mol. The Labute approximate surface area is 148 Å². The minimum Gasteiger partial charge on any atom is -0.306 e. The molecule has 1 aliphatic carbocycles. The number of rotatable bonds is 0. The normalized spacial score (nSPS) is 29.3. The van der Waals surface area contributed by atoms with Crippen LogP contribution in [0.2, 0.25) is 0 Å². The zero-order valence-corrected chi connectivity index (χ0v) is 14.0. The van der Waals surface area contributed by atoms with E-state index >= 15 is 0 Å². The summed E-state index contributed by atoms with van der Waals surface area (Å²) in [5.41, 5.74) is 0. The molecule has 2 bridgehead atoms. The van der Waals surface area contributed by atoms with Gasteiger partial charge in [-0.1, -0.05) is 28.7 Å². The van der Waals surface area contributed by atoms with Crippen molar-refractivity contribution in [3.63, 3.8) is 0 Å². The highest BCUT2D eigenvalue weighted by atomic mass is 15.2. The van der Waals surface area contributed by atoms with Crippen molar-refractivity contribution in [3.05, 3.63) is 0 Å². The van der Waals surface area contributed by atoms with Crippen molar-refractivity contribution in [2.24, 2.45) is 5.92 Å². The van der Waals surface area contributed by atoms with Gasteiger partial charge in [-0.25, -0.2) is 0 Å². The molecule has 5 aliphatic rings. The van der Waals surface area contributed by atoms with E-state index in [0.717, 1.165) is 12.0 Å². The van der Waals surface area contributed by atoms with E-state index in [-0.39, 0.29) is 22.3 Å². The molecule has 4 heterocycles. The highest BCUT2D eigenvalue weighted by molar-refractivity contribution is 4.94. The molecular formula is C20H47N3. The molecule has 5 fully saturated rings. The van der Waals surface area contributed by atoms with Gasteiger partial charge in [0.15, 0.2) is 0 Å². The first-order valence-electron chi connectivity index (χ1n) is 8.72. The second-order valence-electron chi connectivity index (χ2n) is 7.31. The fraction of sp³-hybridized carbons (Fsp3) is 1.00. The van der Waals surface area contributed by atoms with Gasteiger partial charge in [-0.05, 0) is 91.8 Å². The second kappa shape index (κ2) is 13.2. The molecule has 0 unspecified atom stereocenters. The van der Waals surface area contributed by atoms with Gasteiger partial charge in [0.05, 0.1) is 0 Å².